The highest BCUT2D eigenvalue weighted by Gasteiger charge is 2.34. The van der Waals surface area contributed by atoms with Crippen molar-refractivity contribution in [2.24, 2.45) is 5.92 Å². The summed E-state index contributed by atoms with van der Waals surface area (Å²) in [6.45, 7) is 0. The normalized spacial score (nSPS) is 26.2. The molecule has 1 aliphatic heterocycles. The Balaban J connectivity index is 2.04. The summed E-state index contributed by atoms with van der Waals surface area (Å²) >= 11 is 0. The van der Waals surface area contributed by atoms with Crippen LogP contribution in [0.15, 0.2) is 29.8 Å². The highest BCUT2D eigenvalue weighted by Crippen LogP contribution is 2.38. The van der Waals surface area contributed by atoms with Gasteiger partial charge in [-0.1, -0.05) is 24.3 Å². The first-order valence-electron chi connectivity index (χ1n) is 6.05. The number of fused-ring (bicyclic) bond motifs is 2. The van der Waals surface area contributed by atoms with Gasteiger partial charge in [0.15, 0.2) is 0 Å². The number of anilines is 1. The molecule has 2 unspecified atom stereocenters. The molecule has 17 heavy (non-hydrogen) atoms. The molecule has 3 nitrogen and oxygen atoms in total. The summed E-state index contributed by atoms with van der Waals surface area (Å²) in [5, 5.41) is 12.7. The van der Waals surface area contributed by atoms with E-state index in [2.05, 4.69) is 11.4 Å². The van der Waals surface area contributed by atoms with Gasteiger partial charge in [-0.3, -0.25) is 4.79 Å². The van der Waals surface area contributed by atoms with Crippen molar-refractivity contribution >= 4 is 17.7 Å². The van der Waals surface area contributed by atoms with Crippen LogP contribution in [0.2, 0.25) is 0 Å². The molecule has 1 fully saturated rings. The number of carbonyl (C=O) groups is 1. The lowest BCUT2D eigenvalue weighted by Crippen LogP contribution is -2.35. The van der Waals surface area contributed by atoms with E-state index in [4.69, 9.17) is 0 Å². The van der Waals surface area contributed by atoms with Gasteiger partial charge in [0.25, 0.3) is 0 Å². The van der Waals surface area contributed by atoms with Gasteiger partial charge in [-0.25, -0.2) is 0 Å². The predicted octanol–water partition coefficient (Wildman–Crippen LogP) is 2.75. The van der Waals surface area contributed by atoms with E-state index < -0.39 is 5.97 Å². The molecule has 0 saturated heterocycles. The van der Waals surface area contributed by atoms with Gasteiger partial charge >= 0.3 is 5.97 Å². The van der Waals surface area contributed by atoms with Gasteiger partial charge in [0.05, 0.1) is 5.92 Å². The molecule has 88 valence electrons. The zero-order valence-corrected chi connectivity index (χ0v) is 9.52. The van der Waals surface area contributed by atoms with Gasteiger partial charge in [-0.05, 0) is 36.5 Å². The van der Waals surface area contributed by atoms with Gasteiger partial charge < -0.3 is 10.4 Å². The fourth-order valence-corrected chi connectivity index (χ4v) is 2.85. The monoisotopic (exact) mass is 229 g/mol. The number of carboxylic acid groups (broad SMARTS) is 1. The molecule has 1 aromatic carbocycles. The first-order valence-corrected chi connectivity index (χ1v) is 6.05. The number of benzene rings is 1. The summed E-state index contributed by atoms with van der Waals surface area (Å²) in [7, 11) is 0. The van der Waals surface area contributed by atoms with Crippen molar-refractivity contribution in [1.29, 1.82) is 0 Å². The summed E-state index contributed by atoms with van der Waals surface area (Å²) in [6.07, 6.45) is 4.84. The molecule has 0 spiro atoms. The average molecular weight is 229 g/mol. The number of carboxylic acids is 1. The maximum Gasteiger partial charge on any atom is 0.310 e. The van der Waals surface area contributed by atoms with Crippen LogP contribution in [0.3, 0.4) is 0 Å². The molecule has 2 atom stereocenters. The number of nitrogens with one attached hydrogen (secondary N) is 1. The third-order valence-corrected chi connectivity index (χ3v) is 3.70. The lowest BCUT2D eigenvalue weighted by molar-refractivity contribution is -0.141. The van der Waals surface area contributed by atoms with E-state index in [-0.39, 0.29) is 12.0 Å². The smallest absolute Gasteiger partial charge is 0.310 e. The molecule has 1 aliphatic carbocycles. The van der Waals surface area contributed by atoms with E-state index in [1.807, 2.05) is 24.3 Å². The van der Waals surface area contributed by atoms with Gasteiger partial charge in [-0.2, -0.15) is 0 Å². The summed E-state index contributed by atoms with van der Waals surface area (Å²) < 4.78 is 0. The van der Waals surface area contributed by atoms with Gasteiger partial charge in [0.1, 0.15) is 0 Å². The standard InChI is InChI=1S/C14H15NO2/c16-14(17)10-5-3-7-13-11(10)8-9-4-1-2-6-12(9)15-13/h1-2,4,6,8,10,13,15H,3,5,7H2,(H,16,17). The first-order chi connectivity index (χ1) is 8.25. The molecule has 2 N–H and O–H groups in total. The topological polar surface area (TPSA) is 49.3 Å². The highest BCUT2D eigenvalue weighted by molar-refractivity contribution is 5.81. The summed E-state index contributed by atoms with van der Waals surface area (Å²) in [4.78, 5) is 11.3. The fourth-order valence-electron chi connectivity index (χ4n) is 2.85. The van der Waals surface area contributed by atoms with Crippen LogP contribution in [0.25, 0.3) is 6.08 Å². The van der Waals surface area contributed by atoms with Crippen LogP contribution in [0.1, 0.15) is 24.8 Å². The van der Waals surface area contributed by atoms with Crippen LogP contribution in [0, 0.1) is 5.92 Å². The Bertz CT molecular complexity index is 493. The van der Waals surface area contributed by atoms with E-state index in [1.54, 1.807) is 0 Å². The van der Waals surface area contributed by atoms with Gasteiger partial charge in [0.2, 0.25) is 0 Å². The summed E-state index contributed by atoms with van der Waals surface area (Å²) in [5.74, 6) is -1.00. The second-order valence-electron chi connectivity index (χ2n) is 4.75. The molecule has 0 amide bonds. The van der Waals surface area contributed by atoms with Crippen molar-refractivity contribution in [2.45, 2.75) is 25.3 Å². The van der Waals surface area contributed by atoms with Crippen molar-refractivity contribution in [3.63, 3.8) is 0 Å². The first kappa shape index (κ1) is 10.4. The SMILES string of the molecule is O=C(O)C1CCCC2Nc3ccccc3C=C21. The van der Waals surface area contributed by atoms with Crippen LogP contribution in [-0.4, -0.2) is 17.1 Å². The van der Waals surface area contributed by atoms with E-state index in [0.29, 0.717) is 0 Å². The molecule has 0 bridgehead atoms. The third kappa shape index (κ3) is 1.71. The van der Waals surface area contributed by atoms with Crippen LogP contribution in [-0.2, 0) is 4.79 Å². The van der Waals surface area contributed by atoms with E-state index in [9.17, 15) is 9.90 Å². The fraction of sp³-hybridized carbons (Fsp3) is 0.357. The average Bonchev–Trinajstić information content (AvgIpc) is 2.35. The number of rotatable bonds is 1. The van der Waals surface area contributed by atoms with E-state index in [1.165, 1.54) is 0 Å². The van der Waals surface area contributed by atoms with E-state index >= 15 is 0 Å². The molecular formula is C14H15NO2. The quantitative estimate of drug-likeness (QED) is 0.778. The lowest BCUT2D eigenvalue weighted by Gasteiger charge is -2.35. The van der Waals surface area contributed by atoms with Crippen LogP contribution in [0.4, 0.5) is 5.69 Å². The Hall–Kier alpha value is -1.77. The van der Waals surface area contributed by atoms with Crippen LogP contribution < -0.4 is 5.32 Å². The van der Waals surface area contributed by atoms with Crippen molar-refractivity contribution in [2.75, 3.05) is 5.32 Å². The Labute approximate surface area is 100 Å². The maximum absolute atomic E-state index is 11.3. The highest BCUT2D eigenvalue weighted by atomic mass is 16.4. The Morgan fingerprint density at radius 2 is 2.12 bits per heavy atom. The maximum atomic E-state index is 11.3. The molecule has 1 saturated carbocycles. The van der Waals surface area contributed by atoms with Crippen LogP contribution >= 0.6 is 0 Å². The van der Waals surface area contributed by atoms with Crippen molar-refractivity contribution in [3.05, 3.63) is 35.4 Å². The Morgan fingerprint density at radius 1 is 1.29 bits per heavy atom. The molecule has 2 aliphatic rings. The van der Waals surface area contributed by atoms with Crippen molar-refractivity contribution in [3.8, 4) is 0 Å². The second-order valence-corrected chi connectivity index (χ2v) is 4.75. The molecule has 1 aromatic rings. The molecule has 1 heterocycles. The zero-order chi connectivity index (χ0) is 11.8. The minimum Gasteiger partial charge on any atom is -0.481 e. The number of para-hydroxylation sites is 1. The minimum atomic E-state index is -0.692. The molecule has 0 aromatic heterocycles. The van der Waals surface area contributed by atoms with Crippen molar-refractivity contribution in [1.82, 2.24) is 0 Å². The van der Waals surface area contributed by atoms with E-state index in [0.717, 1.165) is 36.1 Å². The number of hydrogen-bond acceptors (Lipinski definition) is 2. The number of aliphatic carboxylic acids is 1. The predicted molar refractivity (Wildman–Crippen MR) is 66.8 cm³/mol. The molecule has 3 heteroatoms. The zero-order valence-electron chi connectivity index (χ0n) is 9.52. The Morgan fingerprint density at radius 3 is 2.94 bits per heavy atom. The van der Waals surface area contributed by atoms with Gasteiger partial charge in [-0.15, -0.1) is 0 Å². The minimum absolute atomic E-state index is 0.208. The summed E-state index contributed by atoms with van der Waals surface area (Å²) in [5.41, 5.74) is 3.27. The molecular weight excluding hydrogens is 214 g/mol. The van der Waals surface area contributed by atoms with Crippen molar-refractivity contribution < 1.29 is 9.90 Å². The second kappa shape index (κ2) is 3.91. The summed E-state index contributed by atoms with van der Waals surface area (Å²) in [6, 6.07) is 8.27. The lowest BCUT2D eigenvalue weighted by atomic mass is 9.78. The molecule has 0 radical (unpaired) electrons. The number of hydrogen-bond donors (Lipinski definition) is 2. The molecule has 3 rings (SSSR count). The van der Waals surface area contributed by atoms with Gasteiger partial charge in [0, 0.05) is 11.7 Å². The van der Waals surface area contributed by atoms with Crippen LogP contribution in [0.5, 0.6) is 0 Å². The Kier molecular flexibility index (Phi) is 2.39. The largest absolute Gasteiger partial charge is 0.481 e. The third-order valence-electron chi connectivity index (χ3n) is 3.70.